The van der Waals surface area contributed by atoms with Gasteiger partial charge in [0.25, 0.3) is 5.56 Å². The molecule has 2 heterocycles. The minimum atomic E-state index is -0.491. The molecular weight excluding hydrogens is 297 g/mol. The molecule has 5 nitrogen and oxygen atoms in total. The first-order valence-electron chi connectivity index (χ1n) is 8.23. The second-order valence-electron chi connectivity index (χ2n) is 6.69. The van der Waals surface area contributed by atoms with Gasteiger partial charge in [0.2, 0.25) is 0 Å². The summed E-state index contributed by atoms with van der Waals surface area (Å²) in [5.74, 6) is -0.330. The fraction of sp³-hybridized carbons (Fsp3) is 0.529. The van der Waals surface area contributed by atoms with Gasteiger partial charge in [-0.05, 0) is 39.5 Å². The lowest BCUT2D eigenvalue weighted by Crippen LogP contribution is -2.32. The monoisotopic (exact) mass is 317 g/mol. The Balaban J connectivity index is 2.16. The number of aromatic amines is 1. The van der Waals surface area contributed by atoms with Crippen LogP contribution in [0.4, 0.5) is 10.1 Å². The zero-order chi connectivity index (χ0) is 16.3. The minimum absolute atomic E-state index is 0.122. The van der Waals surface area contributed by atoms with E-state index < -0.39 is 5.56 Å². The molecule has 0 atom stereocenters. The van der Waals surface area contributed by atoms with Crippen molar-refractivity contribution in [2.45, 2.75) is 45.6 Å². The highest BCUT2D eigenvalue weighted by molar-refractivity contribution is 5.90. The van der Waals surface area contributed by atoms with Crippen molar-refractivity contribution in [3.8, 4) is 0 Å². The van der Waals surface area contributed by atoms with Crippen LogP contribution < -0.4 is 16.1 Å². The quantitative estimate of drug-likeness (QED) is 0.925. The van der Waals surface area contributed by atoms with Crippen LogP contribution >= 0.6 is 0 Å². The Hall–Kier alpha value is -2.11. The van der Waals surface area contributed by atoms with Gasteiger partial charge in [-0.15, -0.1) is 0 Å². The summed E-state index contributed by atoms with van der Waals surface area (Å²) >= 11 is 0. The number of anilines is 1. The molecule has 1 aromatic heterocycles. The Morgan fingerprint density at radius 2 is 1.74 bits per heavy atom. The van der Waals surface area contributed by atoms with Crippen molar-refractivity contribution in [2.75, 3.05) is 18.0 Å². The van der Waals surface area contributed by atoms with E-state index in [9.17, 15) is 14.0 Å². The third-order valence-electron chi connectivity index (χ3n) is 5.10. The van der Waals surface area contributed by atoms with Crippen LogP contribution in [0.3, 0.4) is 0 Å². The zero-order valence-corrected chi connectivity index (χ0v) is 13.4. The second-order valence-corrected chi connectivity index (χ2v) is 6.69. The molecule has 0 spiro atoms. The Bertz CT molecular complexity index is 918. The molecule has 1 aliphatic heterocycles. The average Bonchev–Trinajstić information content (AvgIpc) is 3.19. The van der Waals surface area contributed by atoms with Crippen LogP contribution in [0, 0.1) is 19.7 Å². The maximum atomic E-state index is 15.0. The summed E-state index contributed by atoms with van der Waals surface area (Å²) in [6, 6.07) is 0.122. The number of benzene rings is 1. The molecule has 0 radical (unpaired) electrons. The van der Waals surface area contributed by atoms with Crippen LogP contribution in [0.2, 0.25) is 0 Å². The number of hydrogen-bond acceptors (Lipinski definition) is 3. The molecule has 0 unspecified atom stereocenters. The standard InChI is InChI=1S/C17H20FN3O2/c1-9-12-14(21(11-5-6-11)17(23)19-16(12)22)10(2)15(13(9)18)20-7-3-4-8-20/h11H,3-8H2,1-2H3,(H,19,22,23). The molecule has 1 aliphatic carbocycles. The Kier molecular flexibility index (Phi) is 3.11. The number of H-pyrrole nitrogens is 1. The van der Waals surface area contributed by atoms with Crippen LogP contribution in [0.25, 0.3) is 10.9 Å². The van der Waals surface area contributed by atoms with Gasteiger partial charge in [-0.1, -0.05) is 0 Å². The van der Waals surface area contributed by atoms with Crippen molar-refractivity contribution in [3.05, 3.63) is 37.8 Å². The number of nitrogens with zero attached hydrogens (tertiary/aromatic N) is 2. The second kappa shape index (κ2) is 4.94. The lowest BCUT2D eigenvalue weighted by Gasteiger charge is -2.24. The molecule has 2 aliphatic rings. The number of rotatable bonds is 2. The first-order valence-corrected chi connectivity index (χ1v) is 8.23. The van der Waals surface area contributed by atoms with Gasteiger partial charge < -0.3 is 4.90 Å². The van der Waals surface area contributed by atoms with Crippen LogP contribution in [0.15, 0.2) is 9.59 Å². The van der Waals surface area contributed by atoms with Gasteiger partial charge in [-0.2, -0.15) is 0 Å². The normalized spacial score (nSPS) is 18.1. The molecule has 4 rings (SSSR count). The third kappa shape index (κ3) is 2.04. The smallest absolute Gasteiger partial charge is 0.329 e. The topological polar surface area (TPSA) is 58.1 Å². The van der Waals surface area contributed by atoms with Crippen molar-refractivity contribution in [2.24, 2.45) is 0 Å². The fourth-order valence-corrected chi connectivity index (χ4v) is 3.83. The molecule has 23 heavy (non-hydrogen) atoms. The van der Waals surface area contributed by atoms with Crippen molar-refractivity contribution in [1.82, 2.24) is 9.55 Å². The number of aromatic nitrogens is 2. The van der Waals surface area contributed by atoms with E-state index in [0.29, 0.717) is 27.7 Å². The predicted octanol–water partition coefficient (Wildman–Crippen LogP) is 2.38. The summed E-state index contributed by atoms with van der Waals surface area (Å²) in [7, 11) is 0. The van der Waals surface area contributed by atoms with Crippen LogP contribution in [0.1, 0.15) is 42.9 Å². The fourth-order valence-electron chi connectivity index (χ4n) is 3.83. The molecule has 2 fully saturated rings. The number of halogens is 1. The molecule has 1 N–H and O–H groups in total. The summed E-state index contributed by atoms with van der Waals surface area (Å²) in [5.41, 5.74) is 1.35. The molecule has 1 saturated heterocycles. The maximum absolute atomic E-state index is 15.0. The molecular formula is C17H20FN3O2. The predicted molar refractivity (Wildman–Crippen MR) is 88.0 cm³/mol. The van der Waals surface area contributed by atoms with Crippen molar-refractivity contribution in [3.63, 3.8) is 0 Å². The van der Waals surface area contributed by atoms with E-state index in [1.54, 1.807) is 11.5 Å². The van der Waals surface area contributed by atoms with Gasteiger partial charge in [-0.3, -0.25) is 14.3 Å². The summed E-state index contributed by atoms with van der Waals surface area (Å²) in [6.45, 7) is 5.10. The zero-order valence-electron chi connectivity index (χ0n) is 13.4. The van der Waals surface area contributed by atoms with E-state index in [0.717, 1.165) is 38.8 Å². The highest BCUT2D eigenvalue weighted by Crippen LogP contribution is 2.40. The molecule has 0 amide bonds. The minimum Gasteiger partial charge on any atom is -0.369 e. The lowest BCUT2D eigenvalue weighted by atomic mass is 10.0. The first kappa shape index (κ1) is 14.5. The third-order valence-corrected chi connectivity index (χ3v) is 5.10. The van der Waals surface area contributed by atoms with Gasteiger partial charge in [0, 0.05) is 30.3 Å². The molecule has 122 valence electrons. The number of aryl methyl sites for hydroxylation is 2. The molecule has 1 saturated carbocycles. The molecule has 1 aromatic carbocycles. The van der Waals surface area contributed by atoms with E-state index >= 15 is 0 Å². The van der Waals surface area contributed by atoms with Crippen molar-refractivity contribution < 1.29 is 4.39 Å². The summed E-state index contributed by atoms with van der Waals surface area (Å²) in [4.78, 5) is 29.0. The molecule has 6 heteroatoms. The highest BCUT2D eigenvalue weighted by atomic mass is 19.1. The maximum Gasteiger partial charge on any atom is 0.329 e. The van der Waals surface area contributed by atoms with Gasteiger partial charge in [-0.25, -0.2) is 9.18 Å². The van der Waals surface area contributed by atoms with E-state index in [1.165, 1.54) is 0 Å². The van der Waals surface area contributed by atoms with Gasteiger partial charge in [0.05, 0.1) is 16.6 Å². The van der Waals surface area contributed by atoms with Crippen LogP contribution in [0.5, 0.6) is 0 Å². The largest absolute Gasteiger partial charge is 0.369 e. The molecule has 0 bridgehead atoms. The van der Waals surface area contributed by atoms with Crippen LogP contribution in [-0.4, -0.2) is 22.6 Å². The van der Waals surface area contributed by atoms with Crippen molar-refractivity contribution in [1.29, 1.82) is 0 Å². The van der Waals surface area contributed by atoms with Crippen molar-refractivity contribution >= 4 is 16.6 Å². The summed E-state index contributed by atoms with van der Waals surface area (Å²) in [6.07, 6.45) is 3.94. The Labute approximate surface area is 132 Å². The average molecular weight is 317 g/mol. The Morgan fingerprint density at radius 1 is 1.09 bits per heavy atom. The highest BCUT2D eigenvalue weighted by Gasteiger charge is 2.31. The number of nitrogens with one attached hydrogen (secondary N) is 1. The van der Waals surface area contributed by atoms with Gasteiger partial charge >= 0.3 is 5.69 Å². The number of hydrogen-bond donors (Lipinski definition) is 1. The van der Waals surface area contributed by atoms with E-state index in [2.05, 4.69) is 4.98 Å². The number of fused-ring (bicyclic) bond motifs is 1. The summed E-state index contributed by atoms with van der Waals surface area (Å²) < 4.78 is 16.7. The van der Waals surface area contributed by atoms with Gasteiger partial charge in [0.1, 0.15) is 0 Å². The molecule has 2 aromatic rings. The summed E-state index contributed by atoms with van der Waals surface area (Å²) in [5, 5.41) is 0.314. The van der Waals surface area contributed by atoms with E-state index in [1.807, 2.05) is 11.8 Å². The van der Waals surface area contributed by atoms with E-state index in [-0.39, 0.29) is 17.5 Å². The first-order chi connectivity index (χ1) is 11.0. The lowest BCUT2D eigenvalue weighted by molar-refractivity contribution is 0.613. The van der Waals surface area contributed by atoms with Crippen LogP contribution in [-0.2, 0) is 0 Å². The SMILES string of the molecule is Cc1c(F)c(N2CCCC2)c(C)c2c1c(=O)[nH]c(=O)n2C1CC1. The van der Waals surface area contributed by atoms with Gasteiger partial charge in [0.15, 0.2) is 5.82 Å². The Morgan fingerprint density at radius 3 is 2.35 bits per heavy atom. The van der Waals surface area contributed by atoms with E-state index in [4.69, 9.17) is 0 Å².